The highest BCUT2D eigenvalue weighted by atomic mass is 32.1. The number of hydrogen-bond donors (Lipinski definition) is 0. The van der Waals surface area contributed by atoms with Crippen molar-refractivity contribution in [2.75, 3.05) is 0 Å². The summed E-state index contributed by atoms with van der Waals surface area (Å²) in [5.41, 5.74) is 1.52. The molecule has 0 aliphatic rings. The van der Waals surface area contributed by atoms with Crippen molar-refractivity contribution in [2.45, 2.75) is 12.8 Å². The number of Topliss-reactive ketones (excluding diaryl/α,β-unsaturated/α-hetero) is 1. The molecule has 0 atom stereocenters. The molecule has 2 nitrogen and oxygen atoms in total. The van der Waals surface area contributed by atoms with Crippen molar-refractivity contribution in [3.8, 4) is 0 Å². The maximum atomic E-state index is 12.8. The summed E-state index contributed by atoms with van der Waals surface area (Å²) in [5.74, 6) is -0.308. The SMILES string of the molecule is O=C(CCc1nc2ccccc2s1)c1ccc(F)cc1. The van der Waals surface area contributed by atoms with Crippen LogP contribution < -0.4 is 0 Å². The van der Waals surface area contributed by atoms with Gasteiger partial charge < -0.3 is 0 Å². The largest absolute Gasteiger partial charge is 0.294 e. The highest BCUT2D eigenvalue weighted by Gasteiger charge is 2.09. The number of nitrogens with zero attached hydrogens (tertiary/aromatic N) is 1. The van der Waals surface area contributed by atoms with E-state index in [2.05, 4.69) is 4.98 Å². The number of thiazole rings is 1. The van der Waals surface area contributed by atoms with Gasteiger partial charge in [-0.05, 0) is 36.4 Å². The first kappa shape index (κ1) is 12.9. The second-order valence-corrected chi connectivity index (χ2v) is 5.62. The molecule has 0 aliphatic carbocycles. The molecule has 0 radical (unpaired) electrons. The summed E-state index contributed by atoms with van der Waals surface area (Å²) >= 11 is 1.61. The Labute approximate surface area is 119 Å². The van der Waals surface area contributed by atoms with Crippen LogP contribution in [0.5, 0.6) is 0 Å². The summed E-state index contributed by atoms with van der Waals surface area (Å²) in [4.78, 5) is 16.5. The molecule has 0 unspecified atom stereocenters. The summed E-state index contributed by atoms with van der Waals surface area (Å²) in [6.07, 6.45) is 1.01. The van der Waals surface area contributed by atoms with E-state index in [4.69, 9.17) is 0 Å². The van der Waals surface area contributed by atoms with Gasteiger partial charge in [-0.1, -0.05) is 12.1 Å². The number of ketones is 1. The fourth-order valence-corrected chi connectivity index (χ4v) is 2.99. The number of carbonyl (C=O) groups is 1. The van der Waals surface area contributed by atoms with Gasteiger partial charge in [-0.25, -0.2) is 9.37 Å². The maximum absolute atomic E-state index is 12.8. The van der Waals surface area contributed by atoms with Crippen molar-refractivity contribution in [1.82, 2.24) is 4.98 Å². The van der Waals surface area contributed by atoms with Crippen molar-refractivity contribution in [3.05, 3.63) is 64.9 Å². The molecule has 0 fully saturated rings. The number of aryl methyl sites for hydroxylation is 1. The van der Waals surface area contributed by atoms with Crippen LogP contribution in [-0.2, 0) is 6.42 Å². The third kappa shape index (κ3) is 2.75. The first-order chi connectivity index (χ1) is 9.72. The quantitative estimate of drug-likeness (QED) is 0.671. The van der Waals surface area contributed by atoms with Gasteiger partial charge in [0.15, 0.2) is 5.78 Å². The Balaban J connectivity index is 1.69. The average Bonchev–Trinajstić information content (AvgIpc) is 2.88. The predicted octanol–water partition coefficient (Wildman–Crippen LogP) is 4.25. The lowest BCUT2D eigenvalue weighted by atomic mass is 10.1. The van der Waals surface area contributed by atoms with E-state index in [1.54, 1.807) is 11.3 Å². The number of hydrogen-bond acceptors (Lipinski definition) is 3. The lowest BCUT2D eigenvalue weighted by Gasteiger charge is -1.99. The molecule has 0 spiro atoms. The Hall–Kier alpha value is -2.07. The van der Waals surface area contributed by atoms with E-state index in [-0.39, 0.29) is 11.6 Å². The zero-order valence-electron chi connectivity index (χ0n) is 10.7. The van der Waals surface area contributed by atoms with Gasteiger partial charge in [-0.3, -0.25) is 4.79 Å². The van der Waals surface area contributed by atoms with E-state index in [0.717, 1.165) is 15.2 Å². The molecule has 1 heterocycles. The van der Waals surface area contributed by atoms with Gasteiger partial charge in [0.2, 0.25) is 0 Å². The fourth-order valence-electron chi connectivity index (χ4n) is 2.03. The molecular formula is C16H12FNOS. The van der Waals surface area contributed by atoms with Crippen molar-refractivity contribution in [1.29, 1.82) is 0 Å². The van der Waals surface area contributed by atoms with E-state index < -0.39 is 0 Å². The third-order valence-corrected chi connectivity index (χ3v) is 4.17. The van der Waals surface area contributed by atoms with Gasteiger partial charge in [-0.15, -0.1) is 11.3 Å². The smallest absolute Gasteiger partial charge is 0.163 e. The molecule has 100 valence electrons. The Morgan fingerprint density at radius 2 is 1.85 bits per heavy atom. The third-order valence-electron chi connectivity index (χ3n) is 3.07. The maximum Gasteiger partial charge on any atom is 0.163 e. The van der Waals surface area contributed by atoms with Crippen LogP contribution >= 0.6 is 11.3 Å². The Kier molecular flexibility index (Phi) is 3.56. The molecule has 0 saturated carbocycles. The van der Waals surface area contributed by atoms with Gasteiger partial charge in [0.1, 0.15) is 5.82 Å². The minimum atomic E-state index is -0.326. The molecule has 2 aromatic carbocycles. The fraction of sp³-hybridized carbons (Fsp3) is 0.125. The van der Waals surface area contributed by atoms with Crippen molar-refractivity contribution in [2.24, 2.45) is 0 Å². The molecule has 1 aromatic heterocycles. The molecule has 0 N–H and O–H groups in total. The molecular weight excluding hydrogens is 273 g/mol. The standard InChI is InChI=1S/C16H12FNOS/c17-12-7-5-11(6-8-12)14(19)9-10-16-18-13-3-1-2-4-15(13)20-16/h1-8H,9-10H2. The second-order valence-electron chi connectivity index (χ2n) is 4.51. The van der Waals surface area contributed by atoms with Gasteiger partial charge in [0.25, 0.3) is 0 Å². The van der Waals surface area contributed by atoms with Crippen LogP contribution in [0.15, 0.2) is 48.5 Å². The lowest BCUT2D eigenvalue weighted by Crippen LogP contribution is -2.01. The normalized spacial score (nSPS) is 10.8. The zero-order valence-corrected chi connectivity index (χ0v) is 11.5. The van der Waals surface area contributed by atoms with Gasteiger partial charge in [-0.2, -0.15) is 0 Å². The van der Waals surface area contributed by atoms with Crippen LogP contribution in [0, 0.1) is 5.82 Å². The van der Waals surface area contributed by atoms with E-state index in [1.165, 1.54) is 24.3 Å². The second kappa shape index (κ2) is 5.51. The summed E-state index contributed by atoms with van der Waals surface area (Å²) in [7, 11) is 0. The molecule has 3 rings (SSSR count). The van der Waals surface area contributed by atoms with Crippen LogP contribution in [0.25, 0.3) is 10.2 Å². The summed E-state index contributed by atoms with van der Waals surface area (Å²) in [6.45, 7) is 0. The summed E-state index contributed by atoms with van der Waals surface area (Å²) < 4.78 is 13.9. The van der Waals surface area contributed by atoms with E-state index >= 15 is 0 Å². The molecule has 20 heavy (non-hydrogen) atoms. The van der Waals surface area contributed by atoms with Crippen LogP contribution in [0.2, 0.25) is 0 Å². The predicted molar refractivity (Wildman–Crippen MR) is 78.7 cm³/mol. The summed E-state index contributed by atoms with van der Waals surface area (Å²) in [6, 6.07) is 13.6. The number of aromatic nitrogens is 1. The highest BCUT2D eigenvalue weighted by Crippen LogP contribution is 2.22. The number of rotatable bonds is 4. The lowest BCUT2D eigenvalue weighted by molar-refractivity contribution is 0.0983. The number of para-hydroxylation sites is 1. The Morgan fingerprint density at radius 3 is 2.60 bits per heavy atom. The van der Waals surface area contributed by atoms with Crippen LogP contribution in [0.3, 0.4) is 0 Å². The number of carbonyl (C=O) groups excluding carboxylic acids is 1. The number of fused-ring (bicyclic) bond motifs is 1. The van der Waals surface area contributed by atoms with E-state index in [9.17, 15) is 9.18 Å². The van der Waals surface area contributed by atoms with Crippen molar-refractivity contribution in [3.63, 3.8) is 0 Å². The molecule has 0 aliphatic heterocycles. The first-order valence-corrected chi connectivity index (χ1v) is 7.17. The highest BCUT2D eigenvalue weighted by molar-refractivity contribution is 7.18. The first-order valence-electron chi connectivity index (χ1n) is 6.35. The topological polar surface area (TPSA) is 30.0 Å². The molecule has 0 amide bonds. The minimum absolute atomic E-state index is 0.0178. The van der Waals surface area contributed by atoms with E-state index in [1.807, 2.05) is 24.3 Å². The number of benzene rings is 2. The zero-order chi connectivity index (χ0) is 13.9. The van der Waals surface area contributed by atoms with Crippen LogP contribution in [-0.4, -0.2) is 10.8 Å². The van der Waals surface area contributed by atoms with Gasteiger partial charge in [0, 0.05) is 18.4 Å². The van der Waals surface area contributed by atoms with Crippen molar-refractivity contribution >= 4 is 27.3 Å². The van der Waals surface area contributed by atoms with Crippen molar-refractivity contribution < 1.29 is 9.18 Å². The van der Waals surface area contributed by atoms with E-state index in [0.29, 0.717) is 18.4 Å². The monoisotopic (exact) mass is 285 g/mol. The van der Waals surface area contributed by atoms with Gasteiger partial charge in [0.05, 0.1) is 15.2 Å². The van der Waals surface area contributed by atoms with Crippen LogP contribution in [0.4, 0.5) is 4.39 Å². The summed E-state index contributed by atoms with van der Waals surface area (Å²) in [5, 5.41) is 0.960. The minimum Gasteiger partial charge on any atom is -0.294 e. The van der Waals surface area contributed by atoms with Crippen LogP contribution in [0.1, 0.15) is 21.8 Å². The van der Waals surface area contributed by atoms with Gasteiger partial charge >= 0.3 is 0 Å². The molecule has 4 heteroatoms. The molecule has 3 aromatic rings. The Bertz CT molecular complexity index is 716. The average molecular weight is 285 g/mol. The molecule has 0 bridgehead atoms. The Morgan fingerprint density at radius 1 is 1.10 bits per heavy atom. The molecule has 0 saturated heterocycles. The number of halogens is 1.